The number of nitrogens with two attached hydrogens (primary N) is 1. The third-order valence-corrected chi connectivity index (χ3v) is 2.68. The molecule has 1 aliphatic rings. The molecule has 3 N–H and O–H groups in total. The second-order valence-corrected chi connectivity index (χ2v) is 3.86. The van der Waals surface area contributed by atoms with Crippen LogP contribution in [0.2, 0.25) is 0 Å². The molecule has 1 aliphatic heterocycles. The van der Waals surface area contributed by atoms with E-state index in [2.05, 4.69) is 0 Å². The van der Waals surface area contributed by atoms with Gasteiger partial charge in [0.2, 0.25) is 0 Å². The predicted molar refractivity (Wildman–Crippen MR) is 61.5 cm³/mol. The minimum atomic E-state index is -0.536. The number of aldehydes is 1. The van der Waals surface area contributed by atoms with Crippen molar-refractivity contribution in [2.75, 3.05) is 19.8 Å². The van der Waals surface area contributed by atoms with E-state index >= 15 is 0 Å². The van der Waals surface area contributed by atoms with Gasteiger partial charge in [0.25, 0.3) is 0 Å². The van der Waals surface area contributed by atoms with E-state index in [4.69, 9.17) is 20.3 Å². The molecule has 2 rings (SSSR count). The van der Waals surface area contributed by atoms with Crippen LogP contribution in [0, 0.1) is 0 Å². The van der Waals surface area contributed by atoms with Crippen molar-refractivity contribution >= 4 is 6.29 Å². The van der Waals surface area contributed by atoms with Gasteiger partial charge in [0.1, 0.15) is 0 Å². The Hall–Kier alpha value is -1.59. The number of benzene rings is 1. The van der Waals surface area contributed by atoms with Gasteiger partial charge >= 0.3 is 0 Å². The SMILES string of the molecule is NC(CO)c1ccc(C=O)c2c1OCCCO2. The van der Waals surface area contributed by atoms with Crippen molar-refractivity contribution in [3.63, 3.8) is 0 Å². The van der Waals surface area contributed by atoms with Crippen molar-refractivity contribution in [2.45, 2.75) is 12.5 Å². The van der Waals surface area contributed by atoms with Crippen molar-refractivity contribution in [2.24, 2.45) is 5.73 Å². The second-order valence-electron chi connectivity index (χ2n) is 3.86. The maximum Gasteiger partial charge on any atom is 0.172 e. The fourth-order valence-electron chi connectivity index (χ4n) is 1.78. The smallest absolute Gasteiger partial charge is 0.172 e. The van der Waals surface area contributed by atoms with Gasteiger partial charge < -0.3 is 20.3 Å². The van der Waals surface area contributed by atoms with Crippen LogP contribution in [0.15, 0.2) is 12.1 Å². The number of rotatable bonds is 3. The third kappa shape index (κ3) is 2.25. The van der Waals surface area contributed by atoms with Crippen LogP contribution in [-0.2, 0) is 0 Å². The van der Waals surface area contributed by atoms with Crippen LogP contribution in [0.25, 0.3) is 0 Å². The molecule has 0 radical (unpaired) electrons. The maximum absolute atomic E-state index is 10.9. The monoisotopic (exact) mass is 237 g/mol. The van der Waals surface area contributed by atoms with Crippen molar-refractivity contribution in [3.8, 4) is 11.5 Å². The molecule has 1 atom stereocenters. The first kappa shape index (κ1) is 11.9. The highest BCUT2D eigenvalue weighted by molar-refractivity contribution is 5.82. The fourth-order valence-corrected chi connectivity index (χ4v) is 1.78. The molecule has 1 aromatic carbocycles. The largest absolute Gasteiger partial charge is 0.489 e. The lowest BCUT2D eigenvalue weighted by Gasteiger charge is -2.17. The zero-order valence-corrected chi connectivity index (χ0v) is 9.39. The van der Waals surface area contributed by atoms with Crippen LogP contribution in [-0.4, -0.2) is 31.2 Å². The van der Waals surface area contributed by atoms with Crippen LogP contribution in [0.5, 0.6) is 11.5 Å². The van der Waals surface area contributed by atoms with E-state index in [-0.39, 0.29) is 6.61 Å². The molecule has 1 aromatic rings. The first-order valence-electron chi connectivity index (χ1n) is 5.52. The summed E-state index contributed by atoms with van der Waals surface area (Å²) in [5.41, 5.74) is 6.89. The van der Waals surface area contributed by atoms with E-state index in [1.165, 1.54) is 0 Å². The molecule has 5 nitrogen and oxygen atoms in total. The first-order valence-corrected chi connectivity index (χ1v) is 5.52. The minimum Gasteiger partial charge on any atom is -0.489 e. The highest BCUT2D eigenvalue weighted by atomic mass is 16.5. The van der Waals surface area contributed by atoms with Crippen LogP contribution >= 0.6 is 0 Å². The topological polar surface area (TPSA) is 81.8 Å². The van der Waals surface area contributed by atoms with Crippen molar-refractivity contribution in [3.05, 3.63) is 23.3 Å². The van der Waals surface area contributed by atoms with E-state index in [1.807, 2.05) is 0 Å². The van der Waals surface area contributed by atoms with Crippen LogP contribution in [0.1, 0.15) is 28.4 Å². The van der Waals surface area contributed by atoms with Gasteiger partial charge in [-0.2, -0.15) is 0 Å². The number of carbonyl (C=O) groups excluding carboxylic acids is 1. The number of ether oxygens (including phenoxy) is 2. The summed E-state index contributed by atoms with van der Waals surface area (Å²) in [6, 6.07) is 2.79. The molecular weight excluding hydrogens is 222 g/mol. The lowest BCUT2D eigenvalue weighted by molar-refractivity contribution is 0.111. The first-order chi connectivity index (χ1) is 8.27. The number of hydrogen-bond donors (Lipinski definition) is 2. The lowest BCUT2D eigenvalue weighted by Crippen LogP contribution is -2.16. The van der Waals surface area contributed by atoms with Crippen LogP contribution in [0.3, 0.4) is 0 Å². The normalized spacial score (nSPS) is 16.1. The van der Waals surface area contributed by atoms with Crippen molar-refractivity contribution in [1.29, 1.82) is 0 Å². The molecule has 0 aliphatic carbocycles. The second kappa shape index (κ2) is 5.16. The van der Waals surface area contributed by atoms with Crippen LogP contribution < -0.4 is 15.2 Å². The fraction of sp³-hybridized carbons (Fsp3) is 0.417. The molecule has 0 aromatic heterocycles. The van der Waals surface area contributed by atoms with E-state index in [0.29, 0.717) is 35.8 Å². The molecule has 0 spiro atoms. The maximum atomic E-state index is 10.9. The summed E-state index contributed by atoms with van der Waals surface area (Å²) >= 11 is 0. The van der Waals surface area contributed by atoms with Gasteiger partial charge in [-0.3, -0.25) is 4.79 Å². The van der Waals surface area contributed by atoms with E-state index in [9.17, 15) is 4.79 Å². The Labute approximate surface area is 99.1 Å². The quantitative estimate of drug-likeness (QED) is 0.754. The van der Waals surface area contributed by atoms with Gasteiger partial charge in [-0.1, -0.05) is 6.07 Å². The van der Waals surface area contributed by atoms with Crippen molar-refractivity contribution in [1.82, 2.24) is 0 Å². The molecule has 5 heteroatoms. The highest BCUT2D eigenvalue weighted by Gasteiger charge is 2.21. The number of hydrogen-bond acceptors (Lipinski definition) is 5. The molecule has 17 heavy (non-hydrogen) atoms. The molecule has 0 saturated carbocycles. The lowest BCUT2D eigenvalue weighted by atomic mass is 10.0. The van der Waals surface area contributed by atoms with Gasteiger partial charge in [0, 0.05) is 12.0 Å². The third-order valence-electron chi connectivity index (χ3n) is 2.68. The Kier molecular flexibility index (Phi) is 3.61. The van der Waals surface area contributed by atoms with Crippen LogP contribution in [0.4, 0.5) is 0 Å². The van der Waals surface area contributed by atoms with E-state index in [1.54, 1.807) is 12.1 Å². The zero-order valence-electron chi connectivity index (χ0n) is 9.39. The molecule has 1 heterocycles. The standard InChI is InChI=1S/C12H15NO4/c13-10(7-15)9-3-2-8(6-14)11-12(9)17-5-1-4-16-11/h2-3,6,10,15H,1,4-5,7,13H2. The zero-order chi connectivity index (χ0) is 12.3. The number of carbonyl (C=O) groups is 1. The minimum absolute atomic E-state index is 0.184. The Bertz CT molecular complexity index is 419. The van der Waals surface area contributed by atoms with Gasteiger partial charge in [-0.25, -0.2) is 0 Å². The molecule has 1 unspecified atom stereocenters. The summed E-state index contributed by atoms with van der Waals surface area (Å²) in [5.74, 6) is 0.910. The molecule has 0 saturated heterocycles. The Morgan fingerprint density at radius 1 is 1.35 bits per heavy atom. The Balaban J connectivity index is 2.52. The summed E-state index contributed by atoms with van der Waals surface area (Å²) < 4.78 is 11.1. The molecule has 0 fully saturated rings. The number of aliphatic hydroxyl groups excluding tert-OH is 1. The summed E-state index contributed by atoms with van der Waals surface area (Å²) in [4.78, 5) is 10.9. The average molecular weight is 237 g/mol. The number of aliphatic hydroxyl groups is 1. The summed E-state index contributed by atoms with van der Waals surface area (Å²) in [5, 5.41) is 9.10. The molecule has 0 amide bonds. The molecule has 92 valence electrons. The molecular formula is C12H15NO4. The van der Waals surface area contributed by atoms with Crippen molar-refractivity contribution < 1.29 is 19.4 Å². The van der Waals surface area contributed by atoms with Gasteiger partial charge in [-0.15, -0.1) is 0 Å². The van der Waals surface area contributed by atoms with Gasteiger partial charge in [0.15, 0.2) is 17.8 Å². The summed E-state index contributed by atoms with van der Waals surface area (Å²) in [6.45, 7) is 0.836. The predicted octanol–water partition coefficient (Wildman–Crippen LogP) is 0.652. The Morgan fingerprint density at radius 2 is 2.06 bits per heavy atom. The summed E-state index contributed by atoms with van der Waals surface area (Å²) in [6.07, 6.45) is 1.47. The van der Waals surface area contributed by atoms with Gasteiger partial charge in [0.05, 0.1) is 31.4 Å². The average Bonchev–Trinajstić information content (AvgIpc) is 2.62. The molecule has 0 bridgehead atoms. The summed E-state index contributed by atoms with van der Waals surface area (Å²) in [7, 11) is 0. The van der Waals surface area contributed by atoms with E-state index in [0.717, 1.165) is 12.7 Å². The highest BCUT2D eigenvalue weighted by Crippen LogP contribution is 2.38. The van der Waals surface area contributed by atoms with Gasteiger partial charge in [-0.05, 0) is 6.07 Å². The number of fused-ring (bicyclic) bond motifs is 1. The van der Waals surface area contributed by atoms with E-state index < -0.39 is 6.04 Å². The Morgan fingerprint density at radius 3 is 2.71 bits per heavy atom.